The van der Waals surface area contributed by atoms with Crippen LogP contribution >= 0.6 is 0 Å². The topological polar surface area (TPSA) is 82.0 Å². The maximum Gasteiger partial charge on any atom is 0.404 e. The van der Waals surface area contributed by atoms with Crippen molar-refractivity contribution in [2.75, 3.05) is 14.1 Å². The molecule has 17 heavy (non-hydrogen) atoms. The maximum absolute atomic E-state index is 11.7. The third-order valence-electron chi connectivity index (χ3n) is 2.82. The molecule has 6 nitrogen and oxygen atoms in total. The molecule has 2 N–H and O–H groups in total. The minimum absolute atomic E-state index is 0.0191. The quantitative estimate of drug-likeness (QED) is 0.569. The lowest BCUT2D eigenvalue weighted by Gasteiger charge is -2.26. The molecule has 0 aliphatic heterocycles. The monoisotopic (exact) mass is 241 g/mol. The number of aliphatic imine (C=N–C) groups is 1. The van der Waals surface area contributed by atoms with Crippen molar-refractivity contribution in [2.24, 2.45) is 10.9 Å². The fraction of sp³-hybridized carbons (Fsp3) is 0.727. The molecule has 1 aliphatic carbocycles. The number of rotatable bonds is 3. The molecule has 0 bridgehead atoms. The van der Waals surface area contributed by atoms with Crippen LogP contribution in [-0.2, 0) is 4.79 Å². The summed E-state index contributed by atoms with van der Waals surface area (Å²) < 4.78 is 0. The number of hydrogen-bond acceptors (Lipinski definition) is 2. The van der Waals surface area contributed by atoms with E-state index in [0.29, 0.717) is 25.7 Å². The first-order valence-corrected chi connectivity index (χ1v) is 5.73. The summed E-state index contributed by atoms with van der Waals surface area (Å²) in [6, 6.07) is -0.0191. The van der Waals surface area contributed by atoms with E-state index in [1.807, 2.05) is 14.1 Å². The molecule has 2 amide bonds. The second-order valence-corrected chi connectivity index (χ2v) is 4.54. The third kappa shape index (κ3) is 4.84. The SMILES string of the molecule is CN(C)C=NC(=O)C1CCC(NC(=O)O)CC1. The third-order valence-corrected chi connectivity index (χ3v) is 2.82. The van der Waals surface area contributed by atoms with Gasteiger partial charge in [-0.05, 0) is 25.7 Å². The molecule has 0 saturated heterocycles. The van der Waals surface area contributed by atoms with Crippen molar-refractivity contribution in [3.8, 4) is 0 Å². The van der Waals surface area contributed by atoms with Gasteiger partial charge in [0.05, 0.1) is 6.34 Å². The van der Waals surface area contributed by atoms with Crippen molar-refractivity contribution in [3.63, 3.8) is 0 Å². The van der Waals surface area contributed by atoms with E-state index in [-0.39, 0.29) is 17.9 Å². The molecule has 6 heteroatoms. The Morgan fingerprint density at radius 2 is 1.88 bits per heavy atom. The Kier molecular flexibility index (Phi) is 4.93. The van der Waals surface area contributed by atoms with Gasteiger partial charge in [-0.3, -0.25) is 4.79 Å². The summed E-state index contributed by atoms with van der Waals surface area (Å²) in [4.78, 5) is 27.7. The number of nitrogens with one attached hydrogen (secondary N) is 1. The minimum Gasteiger partial charge on any atom is -0.465 e. The minimum atomic E-state index is -0.995. The van der Waals surface area contributed by atoms with Crippen LogP contribution in [0.5, 0.6) is 0 Å². The average Bonchev–Trinajstić information content (AvgIpc) is 2.26. The van der Waals surface area contributed by atoms with Crippen LogP contribution in [0.25, 0.3) is 0 Å². The largest absolute Gasteiger partial charge is 0.465 e. The van der Waals surface area contributed by atoms with E-state index >= 15 is 0 Å². The molecule has 96 valence electrons. The van der Waals surface area contributed by atoms with Crippen molar-refractivity contribution >= 4 is 18.3 Å². The molecule has 0 radical (unpaired) electrons. The first-order valence-electron chi connectivity index (χ1n) is 5.73. The first-order chi connectivity index (χ1) is 7.99. The van der Waals surface area contributed by atoms with E-state index in [1.54, 1.807) is 4.90 Å². The van der Waals surface area contributed by atoms with E-state index in [1.165, 1.54) is 6.34 Å². The van der Waals surface area contributed by atoms with Crippen LogP contribution in [0, 0.1) is 5.92 Å². The van der Waals surface area contributed by atoms with Crippen LogP contribution in [0.3, 0.4) is 0 Å². The van der Waals surface area contributed by atoms with Crippen molar-refractivity contribution < 1.29 is 14.7 Å². The highest BCUT2D eigenvalue weighted by Crippen LogP contribution is 2.25. The second-order valence-electron chi connectivity index (χ2n) is 4.54. The summed E-state index contributed by atoms with van der Waals surface area (Å²) in [5.74, 6) is -0.162. The van der Waals surface area contributed by atoms with Crippen molar-refractivity contribution in [2.45, 2.75) is 31.7 Å². The number of carbonyl (C=O) groups is 2. The summed E-state index contributed by atoms with van der Waals surface area (Å²) in [6.45, 7) is 0. The number of nitrogens with zero attached hydrogens (tertiary/aromatic N) is 2. The summed E-state index contributed by atoms with van der Waals surface area (Å²) >= 11 is 0. The van der Waals surface area contributed by atoms with E-state index in [0.717, 1.165) is 0 Å². The van der Waals surface area contributed by atoms with Crippen LogP contribution in [-0.4, -0.2) is 48.5 Å². The molecule has 1 fully saturated rings. The highest BCUT2D eigenvalue weighted by atomic mass is 16.4. The van der Waals surface area contributed by atoms with E-state index < -0.39 is 6.09 Å². The van der Waals surface area contributed by atoms with Crippen molar-refractivity contribution in [1.29, 1.82) is 0 Å². The van der Waals surface area contributed by atoms with Gasteiger partial charge < -0.3 is 15.3 Å². The Morgan fingerprint density at radius 1 is 1.29 bits per heavy atom. The smallest absolute Gasteiger partial charge is 0.404 e. The van der Waals surface area contributed by atoms with Gasteiger partial charge in [0.1, 0.15) is 0 Å². The summed E-state index contributed by atoms with van der Waals surface area (Å²) in [7, 11) is 3.62. The average molecular weight is 241 g/mol. The fourth-order valence-electron chi connectivity index (χ4n) is 1.94. The molecule has 1 rings (SSSR count). The molecule has 0 aromatic carbocycles. The zero-order valence-corrected chi connectivity index (χ0v) is 10.2. The normalized spacial score (nSPS) is 24.6. The molecule has 0 unspecified atom stereocenters. The van der Waals surface area contributed by atoms with E-state index in [2.05, 4.69) is 10.3 Å². The molecule has 0 atom stereocenters. The first kappa shape index (κ1) is 13.5. The van der Waals surface area contributed by atoms with Gasteiger partial charge in [-0.1, -0.05) is 0 Å². The van der Waals surface area contributed by atoms with Crippen molar-refractivity contribution in [3.05, 3.63) is 0 Å². The molecule has 1 aliphatic rings. The highest BCUT2D eigenvalue weighted by molar-refractivity contribution is 5.86. The molecule has 0 aromatic heterocycles. The number of carbonyl (C=O) groups excluding carboxylic acids is 1. The maximum atomic E-state index is 11.7. The molecule has 0 heterocycles. The van der Waals surface area contributed by atoms with E-state index in [4.69, 9.17) is 5.11 Å². The molecule has 0 spiro atoms. The van der Waals surface area contributed by atoms with Crippen molar-refractivity contribution in [1.82, 2.24) is 10.2 Å². The van der Waals surface area contributed by atoms with Crippen LogP contribution in [0.2, 0.25) is 0 Å². The zero-order valence-electron chi connectivity index (χ0n) is 10.2. The Hall–Kier alpha value is -1.59. The van der Waals surface area contributed by atoms with Gasteiger partial charge >= 0.3 is 6.09 Å². The molecular weight excluding hydrogens is 222 g/mol. The van der Waals surface area contributed by atoms with Crippen LogP contribution in [0.4, 0.5) is 4.79 Å². The lowest BCUT2D eigenvalue weighted by Crippen LogP contribution is -2.37. The van der Waals surface area contributed by atoms with Gasteiger partial charge in [-0.15, -0.1) is 0 Å². The number of hydrogen-bond donors (Lipinski definition) is 2. The Labute approximate surface area is 101 Å². The predicted octanol–water partition coefficient (Wildman–Crippen LogP) is 0.929. The summed E-state index contributed by atoms with van der Waals surface area (Å²) in [5, 5.41) is 11.0. The molecular formula is C11H19N3O3. The zero-order chi connectivity index (χ0) is 12.8. The summed E-state index contributed by atoms with van der Waals surface area (Å²) in [5.41, 5.74) is 0. The summed E-state index contributed by atoms with van der Waals surface area (Å²) in [6.07, 6.45) is 3.33. The number of carboxylic acid groups (broad SMARTS) is 1. The van der Waals surface area contributed by atoms with Gasteiger partial charge in [0.25, 0.3) is 0 Å². The van der Waals surface area contributed by atoms with Gasteiger partial charge in [0.2, 0.25) is 5.91 Å². The predicted molar refractivity (Wildman–Crippen MR) is 64.1 cm³/mol. The lowest BCUT2D eigenvalue weighted by molar-refractivity contribution is -0.122. The van der Waals surface area contributed by atoms with Gasteiger partial charge in [-0.25, -0.2) is 9.79 Å². The van der Waals surface area contributed by atoms with Gasteiger partial charge in [0, 0.05) is 26.1 Å². The Morgan fingerprint density at radius 3 is 2.35 bits per heavy atom. The molecule has 1 saturated carbocycles. The fourth-order valence-corrected chi connectivity index (χ4v) is 1.94. The van der Waals surface area contributed by atoms with Gasteiger partial charge in [-0.2, -0.15) is 0 Å². The molecule has 0 aromatic rings. The lowest BCUT2D eigenvalue weighted by atomic mass is 9.85. The van der Waals surface area contributed by atoms with Gasteiger partial charge in [0.15, 0.2) is 0 Å². The van der Waals surface area contributed by atoms with Crippen LogP contribution in [0.15, 0.2) is 4.99 Å². The van der Waals surface area contributed by atoms with Crippen LogP contribution in [0.1, 0.15) is 25.7 Å². The van der Waals surface area contributed by atoms with Crippen LogP contribution < -0.4 is 5.32 Å². The second kappa shape index (κ2) is 6.22. The Balaban J connectivity index is 2.36. The van der Waals surface area contributed by atoms with E-state index in [9.17, 15) is 9.59 Å². The Bertz CT molecular complexity index is 307. The standard InChI is InChI=1S/C11H19N3O3/c1-14(2)7-12-10(15)8-3-5-9(6-4-8)13-11(16)17/h7-9,13H,3-6H2,1-2H3,(H,16,17). The number of amides is 2. The highest BCUT2D eigenvalue weighted by Gasteiger charge is 2.26.